The highest BCUT2D eigenvalue weighted by Crippen LogP contribution is 2.26. The van der Waals surface area contributed by atoms with Gasteiger partial charge in [-0.15, -0.1) is 0 Å². The highest BCUT2D eigenvalue weighted by atomic mass is 32.2. The molecule has 0 bridgehead atoms. The predicted octanol–water partition coefficient (Wildman–Crippen LogP) is 0.221. The van der Waals surface area contributed by atoms with Crippen molar-refractivity contribution in [3.8, 4) is 5.75 Å². The minimum atomic E-state index is -4.34. The normalized spacial score (nSPS) is 11.4. The fraction of sp³-hybridized carbons (Fsp3) is 0. The molecule has 0 amide bonds. The molecular formula is C6H7NO4S. The molecule has 0 saturated heterocycles. The van der Waals surface area contributed by atoms with E-state index in [9.17, 15) is 8.42 Å². The number of anilines is 1. The van der Waals surface area contributed by atoms with E-state index in [2.05, 4.69) is 0 Å². The summed E-state index contributed by atoms with van der Waals surface area (Å²) in [6, 6.07) is 3.60. The molecule has 0 aliphatic carbocycles. The number of benzene rings is 1. The Labute approximate surface area is 69.2 Å². The number of nitrogens with two attached hydrogens (primary N) is 1. The summed E-state index contributed by atoms with van der Waals surface area (Å²) in [5.41, 5.74) is 4.83. The highest BCUT2D eigenvalue weighted by molar-refractivity contribution is 7.86. The first kappa shape index (κ1) is 8.82. The van der Waals surface area contributed by atoms with Gasteiger partial charge in [-0.25, -0.2) is 0 Å². The average Bonchev–Trinajstić information content (AvgIpc) is 1.92. The molecule has 0 saturated carbocycles. The van der Waals surface area contributed by atoms with Crippen LogP contribution in [-0.2, 0) is 10.1 Å². The Morgan fingerprint density at radius 1 is 1.33 bits per heavy atom. The van der Waals surface area contributed by atoms with Gasteiger partial charge in [-0.1, -0.05) is 6.07 Å². The number of rotatable bonds is 1. The minimum Gasteiger partial charge on any atom is -0.506 e. The third-order valence-corrected chi connectivity index (χ3v) is 2.23. The molecule has 0 spiro atoms. The zero-order valence-electron chi connectivity index (χ0n) is 5.93. The molecule has 0 unspecified atom stereocenters. The van der Waals surface area contributed by atoms with Gasteiger partial charge >= 0.3 is 0 Å². The maximum absolute atomic E-state index is 10.6. The Balaban J connectivity index is 3.47. The molecule has 1 aromatic rings. The zero-order chi connectivity index (χ0) is 9.35. The van der Waals surface area contributed by atoms with Crippen LogP contribution in [0.5, 0.6) is 5.75 Å². The summed E-state index contributed by atoms with van der Waals surface area (Å²) in [6.45, 7) is 0. The maximum Gasteiger partial charge on any atom is 0.296 e. The van der Waals surface area contributed by atoms with E-state index >= 15 is 0 Å². The number of hydrogen-bond acceptors (Lipinski definition) is 4. The third-order valence-electron chi connectivity index (χ3n) is 1.32. The second kappa shape index (κ2) is 2.65. The monoisotopic (exact) mass is 189 g/mol. The molecule has 0 atom stereocenters. The van der Waals surface area contributed by atoms with Crippen LogP contribution >= 0.6 is 0 Å². The van der Waals surface area contributed by atoms with E-state index in [1.165, 1.54) is 12.1 Å². The topological polar surface area (TPSA) is 101 Å². The molecule has 5 nitrogen and oxygen atoms in total. The van der Waals surface area contributed by atoms with Crippen LogP contribution < -0.4 is 5.73 Å². The van der Waals surface area contributed by atoms with Gasteiger partial charge in [-0.3, -0.25) is 4.55 Å². The summed E-state index contributed by atoms with van der Waals surface area (Å²) in [6.07, 6.45) is 0. The predicted molar refractivity (Wildman–Crippen MR) is 42.3 cm³/mol. The summed E-state index contributed by atoms with van der Waals surface area (Å²) in [4.78, 5) is -0.484. The van der Waals surface area contributed by atoms with Gasteiger partial charge < -0.3 is 10.8 Å². The Bertz CT molecular complexity index is 398. The van der Waals surface area contributed by atoms with E-state index in [1.54, 1.807) is 0 Å². The SMILES string of the molecule is Nc1c(O)cccc1S(=O)(=O)O. The smallest absolute Gasteiger partial charge is 0.296 e. The van der Waals surface area contributed by atoms with Crippen LogP contribution in [0.4, 0.5) is 5.69 Å². The van der Waals surface area contributed by atoms with E-state index in [-0.39, 0.29) is 11.4 Å². The summed E-state index contributed by atoms with van der Waals surface area (Å²) < 4.78 is 29.7. The van der Waals surface area contributed by atoms with Crippen molar-refractivity contribution in [2.45, 2.75) is 4.90 Å². The van der Waals surface area contributed by atoms with Crippen LogP contribution in [0.15, 0.2) is 23.1 Å². The molecule has 1 aromatic carbocycles. The van der Waals surface area contributed by atoms with Gasteiger partial charge in [0, 0.05) is 0 Å². The lowest BCUT2D eigenvalue weighted by atomic mass is 10.3. The van der Waals surface area contributed by atoms with Gasteiger partial charge in [0.25, 0.3) is 10.1 Å². The number of nitrogen functional groups attached to an aromatic ring is 1. The van der Waals surface area contributed by atoms with Gasteiger partial charge in [-0.2, -0.15) is 8.42 Å². The summed E-state index contributed by atoms with van der Waals surface area (Å²) in [5.74, 6) is -0.370. The van der Waals surface area contributed by atoms with Gasteiger partial charge in [0.2, 0.25) is 0 Å². The highest BCUT2D eigenvalue weighted by Gasteiger charge is 2.15. The molecule has 0 radical (unpaired) electrons. The molecule has 1 rings (SSSR count). The fourth-order valence-electron chi connectivity index (χ4n) is 0.757. The van der Waals surface area contributed by atoms with Gasteiger partial charge in [0.1, 0.15) is 10.6 Å². The summed E-state index contributed by atoms with van der Waals surface area (Å²) >= 11 is 0. The summed E-state index contributed by atoms with van der Waals surface area (Å²) in [5, 5.41) is 8.96. The van der Waals surface area contributed by atoms with Crippen molar-refractivity contribution in [1.82, 2.24) is 0 Å². The lowest BCUT2D eigenvalue weighted by molar-refractivity contribution is 0.469. The van der Waals surface area contributed by atoms with Crippen molar-refractivity contribution < 1.29 is 18.1 Å². The van der Waals surface area contributed by atoms with Crippen molar-refractivity contribution in [3.05, 3.63) is 18.2 Å². The van der Waals surface area contributed by atoms with Crippen molar-refractivity contribution in [1.29, 1.82) is 0 Å². The Morgan fingerprint density at radius 2 is 1.92 bits per heavy atom. The second-order valence-corrected chi connectivity index (χ2v) is 3.55. The zero-order valence-corrected chi connectivity index (χ0v) is 6.75. The maximum atomic E-state index is 10.6. The fourth-order valence-corrected chi connectivity index (χ4v) is 1.39. The molecule has 6 heteroatoms. The average molecular weight is 189 g/mol. The van der Waals surface area contributed by atoms with Gasteiger partial charge in [0.15, 0.2) is 0 Å². The number of aromatic hydroxyl groups is 1. The van der Waals surface area contributed by atoms with Crippen LogP contribution in [0.1, 0.15) is 0 Å². The first-order chi connectivity index (χ1) is 5.43. The molecule has 0 aliphatic heterocycles. The Hall–Kier alpha value is -1.27. The first-order valence-electron chi connectivity index (χ1n) is 2.98. The van der Waals surface area contributed by atoms with Crippen molar-refractivity contribution >= 4 is 15.8 Å². The Morgan fingerprint density at radius 3 is 2.33 bits per heavy atom. The van der Waals surface area contributed by atoms with Crippen LogP contribution in [0, 0.1) is 0 Å². The van der Waals surface area contributed by atoms with Crippen molar-refractivity contribution in [2.24, 2.45) is 0 Å². The molecular weight excluding hydrogens is 182 g/mol. The largest absolute Gasteiger partial charge is 0.506 e. The first-order valence-corrected chi connectivity index (χ1v) is 4.42. The van der Waals surface area contributed by atoms with Gasteiger partial charge in [-0.05, 0) is 12.1 Å². The van der Waals surface area contributed by atoms with E-state index in [0.717, 1.165) is 6.07 Å². The van der Waals surface area contributed by atoms with E-state index in [4.69, 9.17) is 15.4 Å². The Kier molecular flexibility index (Phi) is 1.95. The molecule has 0 heterocycles. The number of hydrogen-bond donors (Lipinski definition) is 3. The van der Waals surface area contributed by atoms with E-state index < -0.39 is 15.0 Å². The molecule has 12 heavy (non-hydrogen) atoms. The quantitative estimate of drug-likeness (QED) is 0.333. The molecule has 4 N–H and O–H groups in total. The van der Waals surface area contributed by atoms with E-state index in [1.807, 2.05) is 0 Å². The third kappa shape index (κ3) is 1.49. The molecule has 0 fully saturated rings. The number of phenolic OH excluding ortho intramolecular Hbond substituents is 1. The molecule has 0 aromatic heterocycles. The summed E-state index contributed by atoms with van der Waals surface area (Å²) in [7, 11) is -4.34. The van der Waals surface area contributed by atoms with E-state index in [0.29, 0.717) is 0 Å². The second-order valence-electron chi connectivity index (χ2n) is 2.16. The minimum absolute atomic E-state index is 0.347. The van der Waals surface area contributed by atoms with Crippen LogP contribution in [0.25, 0.3) is 0 Å². The standard InChI is InChI=1S/C6H7NO4S/c7-6-4(8)2-1-3-5(6)12(9,10)11/h1-3,8H,7H2,(H,9,10,11). The van der Waals surface area contributed by atoms with Crippen LogP contribution in [-0.4, -0.2) is 18.1 Å². The van der Waals surface area contributed by atoms with Crippen molar-refractivity contribution in [2.75, 3.05) is 5.73 Å². The van der Waals surface area contributed by atoms with Crippen molar-refractivity contribution in [3.63, 3.8) is 0 Å². The van der Waals surface area contributed by atoms with Crippen LogP contribution in [0.3, 0.4) is 0 Å². The molecule has 66 valence electrons. The number of para-hydroxylation sites is 1. The number of phenols is 1. The lowest BCUT2D eigenvalue weighted by Gasteiger charge is -2.02. The molecule has 0 aliphatic rings. The van der Waals surface area contributed by atoms with Gasteiger partial charge in [0.05, 0.1) is 5.69 Å². The van der Waals surface area contributed by atoms with Crippen LogP contribution in [0.2, 0.25) is 0 Å². The lowest BCUT2D eigenvalue weighted by Crippen LogP contribution is -2.02.